The Hall–Kier alpha value is -1.05. The SMILES string of the molecule is C=CCC(=C)C(N)=O. The molecule has 0 aromatic carbocycles. The van der Waals surface area contributed by atoms with Crippen molar-refractivity contribution in [3.8, 4) is 0 Å². The predicted molar refractivity (Wildman–Crippen MR) is 33.1 cm³/mol. The minimum atomic E-state index is -0.454. The van der Waals surface area contributed by atoms with Crippen LogP contribution in [0.15, 0.2) is 24.8 Å². The lowest BCUT2D eigenvalue weighted by Gasteiger charge is -1.90. The molecule has 0 heterocycles. The molecule has 0 rings (SSSR count). The van der Waals surface area contributed by atoms with Crippen LogP contribution in [0, 0.1) is 0 Å². The van der Waals surface area contributed by atoms with Crippen LogP contribution in [0.2, 0.25) is 0 Å². The summed E-state index contributed by atoms with van der Waals surface area (Å²) in [6.07, 6.45) is 2.07. The topological polar surface area (TPSA) is 43.1 Å². The van der Waals surface area contributed by atoms with Crippen molar-refractivity contribution in [2.45, 2.75) is 6.42 Å². The predicted octanol–water partition coefficient (Wildman–Crippen LogP) is 0.604. The molecule has 0 unspecified atom stereocenters. The van der Waals surface area contributed by atoms with Crippen LogP contribution in [-0.4, -0.2) is 5.91 Å². The number of hydrogen-bond donors (Lipinski definition) is 1. The van der Waals surface area contributed by atoms with Gasteiger partial charge in [0.05, 0.1) is 0 Å². The van der Waals surface area contributed by atoms with Gasteiger partial charge in [0, 0.05) is 5.57 Å². The highest BCUT2D eigenvalue weighted by Crippen LogP contribution is 1.94. The molecular weight excluding hydrogens is 102 g/mol. The summed E-state index contributed by atoms with van der Waals surface area (Å²) in [6.45, 7) is 6.81. The van der Waals surface area contributed by atoms with E-state index in [2.05, 4.69) is 13.2 Å². The van der Waals surface area contributed by atoms with Gasteiger partial charge in [-0.15, -0.1) is 6.58 Å². The summed E-state index contributed by atoms with van der Waals surface area (Å²) in [5, 5.41) is 0. The molecule has 2 nitrogen and oxygen atoms in total. The molecule has 0 aliphatic rings. The lowest BCUT2D eigenvalue weighted by atomic mass is 10.2. The number of primary amides is 1. The van der Waals surface area contributed by atoms with Gasteiger partial charge in [-0.25, -0.2) is 0 Å². The Bertz CT molecular complexity index is 126. The van der Waals surface area contributed by atoms with Gasteiger partial charge in [-0.1, -0.05) is 12.7 Å². The summed E-state index contributed by atoms with van der Waals surface area (Å²) in [6, 6.07) is 0. The maximum absolute atomic E-state index is 10.2. The fourth-order valence-corrected chi connectivity index (χ4v) is 0.275. The number of allylic oxidation sites excluding steroid dienone is 1. The molecule has 0 aromatic rings. The van der Waals surface area contributed by atoms with Crippen molar-refractivity contribution >= 4 is 5.91 Å². The maximum Gasteiger partial charge on any atom is 0.244 e. The Balaban J connectivity index is 3.65. The third-order valence-corrected chi connectivity index (χ3v) is 0.739. The fraction of sp³-hybridized carbons (Fsp3) is 0.167. The first-order valence-electron chi connectivity index (χ1n) is 2.27. The minimum Gasteiger partial charge on any atom is -0.366 e. The zero-order valence-corrected chi connectivity index (χ0v) is 4.68. The van der Waals surface area contributed by atoms with Crippen LogP contribution in [0.4, 0.5) is 0 Å². The molecule has 0 aromatic heterocycles. The second kappa shape index (κ2) is 3.02. The van der Waals surface area contributed by atoms with Gasteiger partial charge in [-0.3, -0.25) is 4.79 Å². The van der Waals surface area contributed by atoms with Crippen LogP contribution in [-0.2, 0) is 4.79 Å². The lowest BCUT2D eigenvalue weighted by Crippen LogP contribution is -2.12. The van der Waals surface area contributed by atoms with Gasteiger partial charge >= 0.3 is 0 Å². The average Bonchev–Trinajstić information content (AvgIpc) is 1.67. The summed E-state index contributed by atoms with van der Waals surface area (Å²) < 4.78 is 0. The Labute approximate surface area is 48.7 Å². The zero-order chi connectivity index (χ0) is 6.57. The second-order valence-corrected chi connectivity index (χ2v) is 1.46. The molecule has 0 radical (unpaired) electrons. The highest BCUT2D eigenvalue weighted by Gasteiger charge is 1.95. The number of amides is 1. The molecule has 44 valence electrons. The van der Waals surface area contributed by atoms with Gasteiger partial charge in [0.15, 0.2) is 0 Å². The van der Waals surface area contributed by atoms with Gasteiger partial charge in [0.2, 0.25) is 5.91 Å². The van der Waals surface area contributed by atoms with Crippen molar-refractivity contribution in [1.82, 2.24) is 0 Å². The standard InChI is InChI=1S/C6H9NO/c1-3-4-5(2)6(7)8/h3H,1-2,4H2,(H2,7,8). The van der Waals surface area contributed by atoms with Crippen molar-refractivity contribution in [3.05, 3.63) is 24.8 Å². The smallest absolute Gasteiger partial charge is 0.244 e. The summed E-state index contributed by atoms with van der Waals surface area (Å²) in [7, 11) is 0. The van der Waals surface area contributed by atoms with E-state index < -0.39 is 5.91 Å². The summed E-state index contributed by atoms with van der Waals surface area (Å²) >= 11 is 0. The van der Waals surface area contributed by atoms with E-state index in [9.17, 15) is 4.79 Å². The lowest BCUT2D eigenvalue weighted by molar-refractivity contribution is -0.114. The Morgan fingerprint density at radius 3 is 2.38 bits per heavy atom. The van der Waals surface area contributed by atoms with Crippen LogP contribution in [0.25, 0.3) is 0 Å². The first-order valence-corrected chi connectivity index (χ1v) is 2.27. The Kier molecular flexibility index (Phi) is 2.62. The highest BCUT2D eigenvalue weighted by atomic mass is 16.1. The van der Waals surface area contributed by atoms with Crippen LogP contribution in [0.3, 0.4) is 0 Å². The van der Waals surface area contributed by atoms with Gasteiger partial charge < -0.3 is 5.73 Å². The van der Waals surface area contributed by atoms with Gasteiger partial charge in [-0.05, 0) is 6.42 Å². The molecule has 0 saturated carbocycles. The maximum atomic E-state index is 10.2. The molecule has 0 aliphatic carbocycles. The molecule has 0 fully saturated rings. The molecule has 0 aliphatic heterocycles. The Morgan fingerprint density at radius 1 is 1.75 bits per heavy atom. The molecule has 0 bridgehead atoms. The fourth-order valence-electron chi connectivity index (χ4n) is 0.275. The van der Waals surface area contributed by atoms with Crippen LogP contribution >= 0.6 is 0 Å². The van der Waals surface area contributed by atoms with E-state index in [4.69, 9.17) is 5.73 Å². The third kappa shape index (κ3) is 2.18. The summed E-state index contributed by atoms with van der Waals surface area (Å²) in [4.78, 5) is 10.2. The molecule has 0 atom stereocenters. The van der Waals surface area contributed by atoms with Crippen molar-refractivity contribution in [1.29, 1.82) is 0 Å². The highest BCUT2D eigenvalue weighted by molar-refractivity contribution is 5.91. The zero-order valence-electron chi connectivity index (χ0n) is 4.68. The van der Waals surface area contributed by atoms with E-state index in [1.54, 1.807) is 6.08 Å². The normalized spacial score (nSPS) is 8.00. The first kappa shape index (κ1) is 6.95. The van der Waals surface area contributed by atoms with Crippen LogP contribution in [0.5, 0.6) is 0 Å². The van der Waals surface area contributed by atoms with E-state index in [1.165, 1.54) is 0 Å². The number of hydrogen-bond acceptors (Lipinski definition) is 1. The summed E-state index contributed by atoms with van der Waals surface area (Å²) in [5.41, 5.74) is 5.24. The number of carbonyl (C=O) groups excluding carboxylic acids is 1. The first-order chi connectivity index (χ1) is 3.68. The number of carbonyl (C=O) groups is 1. The molecular formula is C6H9NO. The van der Waals surface area contributed by atoms with E-state index >= 15 is 0 Å². The van der Waals surface area contributed by atoms with E-state index in [0.29, 0.717) is 12.0 Å². The van der Waals surface area contributed by atoms with E-state index in [0.717, 1.165) is 0 Å². The molecule has 0 saturated heterocycles. The molecule has 2 N–H and O–H groups in total. The van der Waals surface area contributed by atoms with Crippen molar-refractivity contribution in [2.24, 2.45) is 5.73 Å². The summed E-state index contributed by atoms with van der Waals surface area (Å²) in [5.74, 6) is -0.454. The van der Waals surface area contributed by atoms with Gasteiger partial charge in [-0.2, -0.15) is 0 Å². The van der Waals surface area contributed by atoms with Crippen LogP contribution < -0.4 is 5.73 Å². The van der Waals surface area contributed by atoms with Gasteiger partial charge in [0.25, 0.3) is 0 Å². The van der Waals surface area contributed by atoms with Crippen molar-refractivity contribution in [2.75, 3.05) is 0 Å². The van der Waals surface area contributed by atoms with Crippen LogP contribution in [0.1, 0.15) is 6.42 Å². The molecule has 1 amide bonds. The van der Waals surface area contributed by atoms with E-state index in [-0.39, 0.29) is 0 Å². The van der Waals surface area contributed by atoms with E-state index in [1.807, 2.05) is 0 Å². The molecule has 0 spiro atoms. The monoisotopic (exact) mass is 111 g/mol. The largest absolute Gasteiger partial charge is 0.366 e. The number of nitrogens with two attached hydrogens (primary N) is 1. The Morgan fingerprint density at radius 2 is 2.25 bits per heavy atom. The number of rotatable bonds is 3. The van der Waals surface area contributed by atoms with Gasteiger partial charge in [0.1, 0.15) is 0 Å². The van der Waals surface area contributed by atoms with Crippen molar-refractivity contribution in [3.63, 3.8) is 0 Å². The third-order valence-electron chi connectivity index (χ3n) is 0.739. The minimum absolute atomic E-state index is 0.403. The molecule has 2 heteroatoms. The van der Waals surface area contributed by atoms with Crippen molar-refractivity contribution < 1.29 is 4.79 Å². The molecule has 8 heavy (non-hydrogen) atoms. The second-order valence-electron chi connectivity index (χ2n) is 1.46. The average molecular weight is 111 g/mol. The quantitative estimate of drug-likeness (QED) is 0.420.